The van der Waals surface area contributed by atoms with Crippen LogP contribution in [0.15, 0.2) is 95.4 Å². The zero-order valence-corrected chi connectivity index (χ0v) is 38.7. The molecule has 6 heterocycles. The maximum absolute atomic E-state index is 12.4. The van der Waals surface area contributed by atoms with Crippen molar-refractivity contribution in [2.75, 3.05) is 52.6 Å². The number of aromatic nitrogens is 2. The number of fused-ring (bicyclic) bond motifs is 2. The molecule has 67 heavy (non-hydrogen) atoms. The number of carbonyl (C=O) groups excluding carboxylic acids is 1. The van der Waals surface area contributed by atoms with Crippen LogP contribution in [0.5, 0.6) is 11.5 Å². The minimum absolute atomic E-state index is 0.0809. The molecule has 0 bridgehead atoms. The van der Waals surface area contributed by atoms with Crippen LogP contribution in [0, 0.1) is 22.7 Å². The molecule has 2 fully saturated rings. The van der Waals surface area contributed by atoms with E-state index in [0.717, 1.165) is 117 Å². The number of nitriles is 2. The average Bonchev–Trinajstić information content (AvgIpc) is 4.01. The van der Waals surface area contributed by atoms with E-state index in [1.807, 2.05) is 75.6 Å². The van der Waals surface area contributed by atoms with Crippen molar-refractivity contribution in [3.05, 3.63) is 129 Å². The lowest BCUT2D eigenvalue weighted by Crippen LogP contribution is -2.39. The minimum Gasteiger partial charge on any atom is -0.489 e. The Hall–Kier alpha value is -6.57. The van der Waals surface area contributed by atoms with Crippen LogP contribution in [-0.4, -0.2) is 91.4 Å². The maximum atomic E-state index is 12.4. The standard InChI is InChI=1S/C30H33N3O4.C25H25N3O2/c1-30(2,3)37-29(34)33-12-7-20(8-13-33)22-17-26-25(6-11-32-27(26)18-22)21-4-5-28(23(16-21)19-31)36-24-9-14-35-15-10-24;26-16-20-13-18(1-2-25(20)30-21-6-11-29-12-7-21)22-5-10-28-24-15-19(14-23(22)24)17-3-8-27-9-4-17/h4-7,11,16-17,24H,8-10,12-15,18H2,1-3H3;1-3,5,10,13-14,21,27H,4,6-9,11-12,15H2. The van der Waals surface area contributed by atoms with Gasteiger partial charge in [-0.2, -0.15) is 10.5 Å². The number of hydrogen-bond acceptors (Lipinski definition) is 11. The summed E-state index contributed by atoms with van der Waals surface area (Å²) in [5.41, 5.74) is 14.5. The number of benzene rings is 2. The molecule has 344 valence electrons. The fourth-order valence-corrected chi connectivity index (χ4v) is 9.45. The molecule has 6 aliphatic rings. The predicted molar refractivity (Wildman–Crippen MR) is 257 cm³/mol. The first-order valence-corrected chi connectivity index (χ1v) is 23.6. The molecule has 0 spiro atoms. The van der Waals surface area contributed by atoms with Gasteiger partial charge in [-0.15, -0.1) is 0 Å². The second kappa shape index (κ2) is 20.5. The highest BCUT2D eigenvalue weighted by atomic mass is 16.6. The van der Waals surface area contributed by atoms with Gasteiger partial charge in [-0.25, -0.2) is 4.79 Å². The van der Waals surface area contributed by atoms with Gasteiger partial charge >= 0.3 is 6.09 Å². The van der Waals surface area contributed by atoms with Gasteiger partial charge in [-0.3, -0.25) is 9.97 Å². The topological polar surface area (TPSA) is 152 Å². The smallest absolute Gasteiger partial charge is 0.410 e. The number of allylic oxidation sites excluding steroid dienone is 2. The zero-order chi connectivity index (χ0) is 46.3. The number of ether oxygens (including phenoxy) is 5. The summed E-state index contributed by atoms with van der Waals surface area (Å²) in [6.45, 7) is 11.6. The Morgan fingerprint density at radius 2 is 1.24 bits per heavy atom. The van der Waals surface area contributed by atoms with Gasteiger partial charge in [0.25, 0.3) is 0 Å². The lowest BCUT2D eigenvalue weighted by atomic mass is 9.98. The Bertz CT molecular complexity index is 2720. The summed E-state index contributed by atoms with van der Waals surface area (Å²) in [7, 11) is 0. The van der Waals surface area contributed by atoms with Crippen LogP contribution in [0.3, 0.4) is 0 Å². The zero-order valence-electron chi connectivity index (χ0n) is 38.7. The number of pyridine rings is 2. The summed E-state index contributed by atoms with van der Waals surface area (Å²) in [5.74, 6) is 1.29. The number of rotatable bonds is 8. The van der Waals surface area contributed by atoms with Gasteiger partial charge in [0.2, 0.25) is 0 Å². The first-order chi connectivity index (χ1) is 32.6. The Labute approximate surface area is 393 Å². The molecule has 12 heteroatoms. The highest BCUT2D eigenvalue weighted by Crippen LogP contribution is 2.40. The summed E-state index contributed by atoms with van der Waals surface area (Å²) in [6, 6.07) is 20.5. The van der Waals surface area contributed by atoms with Gasteiger partial charge in [0.05, 0.1) is 48.9 Å². The third-order valence-electron chi connectivity index (χ3n) is 13.0. The van der Waals surface area contributed by atoms with Crippen molar-refractivity contribution >= 4 is 18.2 Å². The molecular weight excluding hydrogens is 841 g/mol. The Balaban J connectivity index is 0.000000171. The largest absolute Gasteiger partial charge is 0.489 e. The molecule has 12 nitrogen and oxygen atoms in total. The molecule has 10 rings (SSSR count). The second-order valence-electron chi connectivity index (χ2n) is 18.7. The monoisotopic (exact) mass is 898 g/mol. The van der Waals surface area contributed by atoms with Crippen molar-refractivity contribution in [3.8, 4) is 45.9 Å². The van der Waals surface area contributed by atoms with E-state index in [2.05, 4.69) is 57.8 Å². The van der Waals surface area contributed by atoms with Crippen LogP contribution in [-0.2, 0) is 27.1 Å². The summed E-state index contributed by atoms with van der Waals surface area (Å²) in [4.78, 5) is 23.4. The van der Waals surface area contributed by atoms with Crippen LogP contribution in [0.4, 0.5) is 4.79 Å². The SMILES string of the molecule is CC(C)(C)OC(=O)N1CC=C(C2=Cc3c(-c4ccc(OC5CCOCC5)c(C#N)c4)ccnc3C2)CC1.N#Cc1cc(-c2ccnc3c2C=C(C2=CCNCC2)C3)ccc1OC1CCOCC1. The molecule has 2 aromatic carbocycles. The van der Waals surface area contributed by atoms with E-state index < -0.39 is 5.60 Å². The molecule has 0 unspecified atom stereocenters. The normalized spacial score (nSPS) is 18.4. The lowest BCUT2D eigenvalue weighted by Gasteiger charge is -2.29. The van der Waals surface area contributed by atoms with Crippen LogP contribution in [0.25, 0.3) is 34.4 Å². The maximum Gasteiger partial charge on any atom is 0.410 e. The number of hydrogen-bond donors (Lipinski definition) is 1. The van der Waals surface area contributed by atoms with Gasteiger partial charge in [0, 0.05) is 81.7 Å². The fraction of sp³-hybridized carbons (Fsp3) is 0.400. The van der Waals surface area contributed by atoms with E-state index in [4.69, 9.17) is 23.7 Å². The van der Waals surface area contributed by atoms with Crippen LogP contribution in [0.1, 0.15) is 92.9 Å². The van der Waals surface area contributed by atoms with E-state index in [9.17, 15) is 15.3 Å². The van der Waals surface area contributed by atoms with Gasteiger partial charge in [0.1, 0.15) is 41.4 Å². The van der Waals surface area contributed by atoms with Crippen molar-refractivity contribution < 1.29 is 28.5 Å². The van der Waals surface area contributed by atoms with Crippen molar-refractivity contribution in [2.45, 2.75) is 89.9 Å². The van der Waals surface area contributed by atoms with E-state index in [-0.39, 0.29) is 18.3 Å². The molecular formula is C55H58N6O6. The summed E-state index contributed by atoms with van der Waals surface area (Å²) < 4.78 is 28.6. The predicted octanol–water partition coefficient (Wildman–Crippen LogP) is 9.72. The Morgan fingerprint density at radius 1 is 0.716 bits per heavy atom. The summed E-state index contributed by atoms with van der Waals surface area (Å²) in [5, 5.41) is 22.9. The van der Waals surface area contributed by atoms with Crippen LogP contribution in [0.2, 0.25) is 0 Å². The highest BCUT2D eigenvalue weighted by molar-refractivity contribution is 5.83. The molecule has 1 amide bonds. The first kappa shape index (κ1) is 45.6. The molecule has 2 saturated heterocycles. The molecule has 4 aliphatic heterocycles. The van der Waals surface area contributed by atoms with Gasteiger partial charge in [0.15, 0.2) is 0 Å². The van der Waals surface area contributed by atoms with Crippen molar-refractivity contribution in [2.24, 2.45) is 0 Å². The van der Waals surface area contributed by atoms with E-state index >= 15 is 0 Å². The Kier molecular flexibility index (Phi) is 14.0. The quantitative estimate of drug-likeness (QED) is 0.180. The molecule has 0 radical (unpaired) electrons. The van der Waals surface area contributed by atoms with Crippen molar-refractivity contribution in [3.63, 3.8) is 0 Å². The van der Waals surface area contributed by atoms with E-state index in [1.165, 1.54) is 27.9 Å². The highest BCUT2D eigenvalue weighted by Gasteiger charge is 2.28. The summed E-state index contributed by atoms with van der Waals surface area (Å²) in [6.07, 6.45) is 19.4. The van der Waals surface area contributed by atoms with Crippen LogP contribution < -0.4 is 14.8 Å². The second-order valence-corrected chi connectivity index (χ2v) is 18.7. The van der Waals surface area contributed by atoms with Crippen molar-refractivity contribution in [1.29, 1.82) is 10.5 Å². The summed E-state index contributed by atoms with van der Waals surface area (Å²) >= 11 is 0. The molecule has 4 aromatic rings. The molecule has 0 saturated carbocycles. The average molecular weight is 899 g/mol. The van der Waals surface area contributed by atoms with E-state index in [0.29, 0.717) is 48.9 Å². The Morgan fingerprint density at radius 3 is 1.69 bits per heavy atom. The number of carbonyl (C=O) groups is 1. The van der Waals surface area contributed by atoms with Crippen LogP contribution >= 0.6 is 0 Å². The third-order valence-corrected chi connectivity index (χ3v) is 13.0. The van der Waals surface area contributed by atoms with Gasteiger partial charge in [-0.1, -0.05) is 24.3 Å². The molecule has 1 N–H and O–H groups in total. The lowest BCUT2D eigenvalue weighted by molar-refractivity contribution is 0.0252. The molecule has 0 atom stereocenters. The fourth-order valence-electron chi connectivity index (χ4n) is 9.45. The molecule has 2 aliphatic carbocycles. The van der Waals surface area contributed by atoms with Gasteiger partial charge in [-0.05, 0) is 133 Å². The first-order valence-electron chi connectivity index (χ1n) is 23.6. The minimum atomic E-state index is -0.501. The number of nitrogens with one attached hydrogen (secondary N) is 1. The van der Waals surface area contributed by atoms with E-state index in [1.54, 1.807) is 4.90 Å². The third kappa shape index (κ3) is 10.8. The van der Waals surface area contributed by atoms with Crippen molar-refractivity contribution in [1.82, 2.24) is 20.2 Å². The number of nitrogens with zero attached hydrogens (tertiary/aromatic N) is 5. The molecule has 2 aromatic heterocycles. The number of amides is 1. The van der Waals surface area contributed by atoms with Gasteiger partial charge < -0.3 is 33.9 Å².